The Kier molecular flexibility index (Phi) is 3.57. The minimum absolute atomic E-state index is 0.0317. The lowest BCUT2D eigenvalue weighted by Crippen LogP contribution is -2.25. The van der Waals surface area contributed by atoms with Gasteiger partial charge in [0.15, 0.2) is 0 Å². The number of esters is 1. The average molecular weight is 333 g/mol. The third-order valence-corrected chi connectivity index (χ3v) is 3.43. The van der Waals surface area contributed by atoms with Crippen molar-refractivity contribution in [2.75, 3.05) is 25.1 Å². The third kappa shape index (κ3) is 2.26. The first-order valence-electron chi connectivity index (χ1n) is 5.00. The van der Waals surface area contributed by atoms with Gasteiger partial charge in [-0.2, -0.15) is 0 Å². The number of methoxy groups -OCH3 is 1. The van der Waals surface area contributed by atoms with Crippen molar-refractivity contribution in [1.82, 2.24) is 9.97 Å². The molecular formula is C10H12IN3O2. The van der Waals surface area contributed by atoms with Gasteiger partial charge in [0.1, 0.15) is 12.1 Å². The van der Waals surface area contributed by atoms with Crippen LogP contribution in [0.15, 0.2) is 12.5 Å². The highest BCUT2D eigenvalue weighted by molar-refractivity contribution is 14.1. The Morgan fingerprint density at radius 2 is 2.50 bits per heavy atom. The maximum atomic E-state index is 11.4. The highest BCUT2D eigenvalue weighted by atomic mass is 127. The van der Waals surface area contributed by atoms with Gasteiger partial charge < -0.3 is 9.64 Å². The van der Waals surface area contributed by atoms with Crippen LogP contribution in [0.3, 0.4) is 0 Å². The standard InChI is InChI=1S/C10H12IN3O2/c1-16-10(15)7-2-3-14(5-7)9-8(11)4-12-6-13-9/h4,6-7H,2-3,5H2,1H3. The first-order chi connectivity index (χ1) is 7.72. The number of anilines is 1. The fourth-order valence-corrected chi connectivity index (χ4v) is 2.49. The average Bonchev–Trinajstić information content (AvgIpc) is 2.78. The third-order valence-electron chi connectivity index (χ3n) is 2.67. The SMILES string of the molecule is COC(=O)C1CCN(c2ncncc2I)C1. The van der Waals surface area contributed by atoms with Crippen molar-refractivity contribution in [3.63, 3.8) is 0 Å². The summed E-state index contributed by atoms with van der Waals surface area (Å²) in [5.41, 5.74) is 0. The Hall–Kier alpha value is -0.920. The summed E-state index contributed by atoms with van der Waals surface area (Å²) in [6.07, 6.45) is 4.13. The van der Waals surface area contributed by atoms with E-state index in [-0.39, 0.29) is 11.9 Å². The molecule has 0 aliphatic carbocycles. The molecule has 2 heterocycles. The van der Waals surface area contributed by atoms with Gasteiger partial charge in [-0.15, -0.1) is 0 Å². The predicted molar refractivity (Wildman–Crippen MR) is 67.1 cm³/mol. The monoisotopic (exact) mass is 333 g/mol. The Labute approximate surface area is 107 Å². The fourth-order valence-electron chi connectivity index (χ4n) is 1.85. The summed E-state index contributed by atoms with van der Waals surface area (Å²) in [5, 5.41) is 0. The Bertz CT molecular complexity index is 399. The minimum atomic E-state index is -0.133. The predicted octanol–water partition coefficient (Wildman–Crippen LogP) is 1.08. The molecule has 5 nitrogen and oxygen atoms in total. The van der Waals surface area contributed by atoms with Crippen LogP contribution < -0.4 is 4.90 Å². The number of nitrogens with zero attached hydrogens (tertiary/aromatic N) is 3. The lowest BCUT2D eigenvalue weighted by molar-refractivity contribution is -0.144. The van der Waals surface area contributed by atoms with Crippen LogP contribution in [0.2, 0.25) is 0 Å². The van der Waals surface area contributed by atoms with E-state index in [1.807, 2.05) is 0 Å². The van der Waals surface area contributed by atoms with Crippen LogP contribution in [-0.2, 0) is 9.53 Å². The Morgan fingerprint density at radius 3 is 3.19 bits per heavy atom. The van der Waals surface area contributed by atoms with Crippen LogP contribution >= 0.6 is 22.6 Å². The number of aromatic nitrogens is 2. The molecular weight excluding hydrogens is 321 g/mol. The second kappa shape index (κ2) is 4.94. The molecule has 1 fully saturated rings. The molecule has 0 saturated carbocycles. The Morgan fingerprint density at radius 1 is 1.69 bits per heavy atom. The van der Waals surface area contributed by atoms with Gasteiger partial charge in [0.2, 0.25) is 0 Å². The molecule has 1 atom stereocenters. The van der Waals surface area contributed by atoms with E-state index in [2.05, 4.69) is 37.5 Å². The summed E-state index contributed by atoms with van der Waals surface area (Å²) >= 11 is 2.20. The molecule has 1 unspecified atom stereocenters. The van der Waals surface area contributed by atoms with E-state index < -0.39 is 0 Å². The number of ether oxygens (including phenoxy) is 1. The first kappa shape index (κ1) is 11.6. The number of rotatable bonds is 2. The zero-order chi connectivity index (χ0) is 11.5. The van der Waals surface area contributed by atoms with E-state index in [0.717, 1.165) is 22.4 Å². The highest BCUT2D eigenvalue weighted by Gasteiger charge is 2.30. The molecule has 1 saturated heterocycles. The van der Waals surface area contributed by atoms with Gasteiger partial charge in [-0.1, -0.05) is 0 Å². The molecule has 0 N–H and O–H groups in total. The molecule has 1 aromatic heterocycles. The van der Waals surface area contributed by atoms with Crippen molar-refractivity contribution in [2.45, 2.75) is 6.42 Å². The molecule has 6 heteroatoms. The number of carbonyl (C=O) groups is 1. The van der Waals surface area contributed by atoms with Crippen molar-refractivity contribution in [2.24, 2.45) is 5.92 Å². The largest absolute Gasteiger partial charge is 0.469 e. The molecule has 0 amide bonds. The molecule has 1 aliphatic heterocycles. The first-order valence-corrected chi connectivity index (χ1v) is 6.08. The second-order valence-electron chi connectivity index (χ2n) is 3.65. The summed E-state index contributed by atoms with van der Waals surface area (Å²) in [6.45, 7) is 1.52. The molecule has 2 rings (SSSR count). The second-order valence-corrected chi connectivity index (χ2v) is 4.81. The molecule has 1 aromatic rings. The van der Waals surface area contributed by atoms with Crippen molar-refractivity contribution in [1.29, 1.82) is 0 Å². The normalized spacial score (nSPS) is 19.9. The van der Waals surface area contributed by atoms with Crippen molar-refractivity contribution in [3.8, 4) is 0 Å². The molecule has 86 valence electrons. The van der Waals surface area contributed by atoms with Crippen LogP contribution in [0.25, 0.3) is 0 Å². The summed E-state index contributed by atoms with van der Waals surface area (Å²) in [6, 6.07) is 0. The van der Waals surface area contributed by atoms with E-state index in [1.165, 1.54) is 13.4 Å². The van der Waals surface area contributed by atoms with E-state index in [9.17, 15) is 4.79 Å². The summed E-state index contributed by atoms with van der Waals surface area (Å²) in [7, 11) is 1.43. The Balaban J connectivity index is 2.09. The van der Waals surface area contributed by atoms with Crippen molar-refractivity contribution < 1.29 is 9.53 Å². The minimum Gasteiger partial charge on any atom is -0.469 e. The van der Waals surface area contributed by atoms with Crippen LogP contribution in [0.1, 0.15) is 6.42 Å². The van der Waals surface area contributed by atoms with Gasteiger partial charge >= 0.3 is 5.97 Å². The van der Waals surface area contributed by atoms with Crippen LogP contribution in [0.5, 0.6) is 0 Å². The molecule has 0 bridgehead atoms. The highest BCUT2D eigenvalue weighted by Crippen LogP contribution is 2.25. The van der Waals surface area contributed by atoms with Crippen LogP contribution in [-0.4, -0.2) is 36.1 Å². The van der Waals surface area contributed by atoms with Gasteiger partial charge in [-0.25, -0.2) is 9.97 Å². The number of carbonyl (C=O) groups excluding carboxylic acids is 1. The van der Waals surface area contributed by atoms with Gasteiger partial charge in [0, 0.05) is 19.3 Å². The fraction of sp³-hybridized carbons (Fsp3) is 0.500. The van der Waals surface area contributed by atoms with E-state index in [1.54, 1.807) is 6.20 Å². The van der Waals surface area contributed by atoms with E-state index in [0.29, 0.717) is 6.54 Å². The molecule has 0 aromatic carbocycles. The van der Waals surface area contributed by atoms with Crippen LogP contribution in [0, 0.1) is 9.49 Å². The maximum absolute atomic E-state index is 11.4. The summed E-state index contributed by atoms with van der Waals surface area (Å²) < 4.78 is 5.75. The van der Waals surface area contributed by atoms with Gasteiger partial charge in [0.25, 0.3) is 0 Å². The molecule has 0 radical (unpaired) electrons. The van der Waals surface area contributed by atoms with E-state index >= 15 is 0 Å². The maximum Gasteiger partial charge on any atom is 0.310 e. The molecule has 1 aliphatic rings. The van der Waals surface area contributed by atoms with E-state index in [4.69, 9.17) is 4.74 Å². The zero-order valence-corrected chi connectivity index (χ0v) is 11.0. The molecule has 0 spiro atoms. The lowest BCUT2D eigenvalue weighted by Gasteiger charge is -2.17. The lowest BCUT2D eigenvalue weighted by atomic mass is 10.1. The van der Waals surface area contributed by atoms with Gasteiger partial charge in [-0.05, 0) is 29.0 Å². The number of hydrogen-bond donors (Lipinski definition) is 0. The van der Waals surface area contributed by atoms with Gasteiger partial charge in [-0.3, -0.25) is 4.79 Å². The van der Waals surface area contributed by atoms with Gasteiger partial charge in [0.05, 0.1) is 16.6 Å². The topological polar surface area (TPSA) is 55.3 Å². The molecule has 16 heavy (non-hydrogen) atoms. The number of halogens is 1. The van der Waals surface area contributed by atoms with Crippen molar-refractivity contribution >= 4 is 34.4 Å². The quantitative estimate of drug-likeness (QED) is 0.599. The zero-order valence-electron chi connectivity index (χ0n) is 8.89. The summed E-state index contributed by atoms with van der Waals surface area (Å²) in [4.78, 5) is 21.7. The smallest absolute Gasteiger partial charge is 0.310 e. The van der Waals surface area contributed by atoms with Crippen LogP contribution in [0.4, 0.5) is 5.82 Å². The number of hydrogen-bond acceptors (Lipinski definition) is 5. The summed E-state index contributed by atoms with van der Waals surface area (Å²) in [5.74, 6) is 0.740. The van der Waals surface area contributed by atoms with Crippen molar-refractivity contribution in [3.05, 3.63) is 16.1 Å².